The topological polar surface area (TPSA) is 79.4 Å². The van der Waals surface area contributed by atoms with Crippen LogP contribution in [0, 0.1) is 5.82 Å². The van der Waals surface area contributed by atoms with Gasteiger partial charge in [-0.2, -0.15) is 0 Å². The number of nitrogens with one attached hydrogen (secondary N) is 2. The number of unbranched alkanes of at least 4 members (excludes halogenated alkanes) is 2. The van der Waals surface area contributed by atoms with E-state index in [0.717, 1.165) is 47.8 Å². The molecule has 144 valence electrons. The summed E-state index contributed by atoms with van der Waals surface area (Å²) in [5, 5.41) is 4.39. The number of aromatic amines is 1. The van der Waals surface area contributed by atoms with Gasteiger partial charge in [-0.3, -0.25) is 4.98 Å². The molecule has 0 spiro atoms. The second-order valence-electron chi connectivity index (χ2n) is 7.01. The van der Waals surface area contributed by atoms with Crippen molar-refractivity contribution in [3.8, 4) is 0 Å². The van der Waals surface area contributed by atoms with Crippen LogP contribution in [0.15, 0.2) is 36.9 Å². The highest BCUT2D eigenvalue weighted by Gasteiger charge is 2.16. The van der Waals surface area contributed by atoms with Crippen LogP contribution >= 0.6 is 0 Å². The summed E-state index contributed by atoms with van der Waals surface area (Å²) in [6, 6.07) is 6.83. The highest BCUT2D eigenvalue weighted by molar-refractivity contribution is 5.83. The van der Waals surface area contributed by atoms with Crippen LogP contribution in [0.5, 0.6) is 0 Å². The summed E-state index contributed by atoms with van der Waals surface area (Å²) in [4.78, 5) is 20.6. The van der Waals surface area contributed by atoms with Crippen LogP contribution in [0.3, 0.4) is 0 Å². The van der Waals surface area contributed by atoms with Crippen molar-refractivity contribution in [2.24, 2.45) is 0 Å². The normalized spacial score (nSPS) is 12.5. The molecule has 1 atom stereocenters. The van der Waals surface area contributed by atoms with Gasteiger partial charge in [0.1, 0.15) is 17.7 Å². The number of halogens is 1. The zero-order valence-corrected chi connectivity index (χ0v) is 16.0. The van der Waals surface area contributed by atoms with Gasteiger partial charge in [-0.1, -0.05) is 19.8 Å². The number of anilines is 1. The molecule has 28 heavy (non-hydrogen) atoms. The van der Waals surface area contributed by atoms with Crippen LogP contribution in [0.25, 0.3) is 22.1 Å². The molecule has 0 fully saturated rings. The van der Waals surface area contributed by atoms with Crippen LogP contribution in [0.2, 0.25) is 0 Å². The maximum absolute atomic E-state index is 13.7. The third-order valence-corrected chi connectivity index (χ3v) is 4.95. The van der Waals surface area contributed by atoms with Gasteiger partial charge in [0.05, 0.1) is 17.9 Å². The van der Waals surface area contributed by atoms with E-state index < -0.39 is 0 Å². The third-order valence-electron chi connectivity index (χ3n) is 4.95. The fraction of sp³-hybridized carbons (Fsp3) is 0.333. The van der Waals surface area contributed by atoms with Gasteiger partial charge >= 0.3 is 0 Å². The van der Waals surface area contributed by atoms with E-state index >= 15 is 0 Å². The first-order valence-corrected chi connectivity index (χ1v) is 9.65. The summed E-state index contributed by atoms with van der Waals surface area (Å²) in [6.07, 6.45) is 7.32. The molecule has 4 aromatic rings. The van der Waals surface area contributed by atoms with Crippen molar-refractivity contribution in [1.82, 2.24) is 24.9 Å². The molecule has 0 aliphatic rings. The number of benzene rings is 1. The smallest absolute Gasteiger partial charge is 0.182 e. The molecule has 0 amide bonds. The SMILES string of the molecule is CCCCCc1nc2cc(F)ccc2cc1C(C)Nc1ncnc2nc[nH]c12. The van der Waals surface area contributed by atoms with Gasteiger partial charge < -0.3 is 10.3 Å². The molecule has 0 bridgehead atoms. The second kappa shape index (κ2) is 7.88. The Morgan fingerprint density at radius 3 is 2.89 bits per heavy atom. The van der Waals surface area contributed by atoms with Gasteiger partial charge in [0.25, 0.3) is 0 Å². The number of pyridine rings is 1. The largest absolute Gasteiger partial charge is 0.362 e. The number of rotatable bonds is 7. The van der Waals surface area contributed by atoms with Crippen LogP contribution in [0.4, 0.5) is 10.2 Å². The van der Waals surface area contributed by atoms with Crippen LogP contribution in [-0.4, -0.2) is 24.9 Å². The molecule has 7 heteroatoms. The van der Waals surface area contributed by atoms with Crippen molar-refractivity contribution >= 4 is 27.9 Å². The average molecular weight is 378 g/mol. The van der Waals surface area contributed by atoms with Crippen LogP contribution < -0.4 is 5.32 Å². The lowest BCUT2D eigenvalue weighted by atomic mass is 9.99. The zero-order valence-electron chi connectivity index (χ0n) is 16.0. The lowest BCUT2D eigenvalue weighted by Crippen LogP contribution is -2.12. The maximum Gasteiger partial charge on any atom is 0.182 e. The number of nitrogens with zero attached hydrogens (tertiary/aromatic N) is 4. The van der Waals surface area contributed by atoms with Crippen LogP contribution in [0.1, 0.15) is 50.4 Å². The molecule has 0 saturated carbocycles. The number of aromatic nitrogens is 5. The quantitative estimate of drug-likeness (QED) is 0.445. The second-order valence-corrected chi connectivity index (χ2v) is 7.01. The summed E-state index contributed by atoms with van der Waals surface area (Å²) in [5.74, 6) is 0.440. The molecular weight excluding hydrogens is 355 g/mol. The molecular formula is C21H23FN6. The Morgan fingerprint density at radius 2 is 2.04 bits per heavy atom. The van der Waals surface area contributed by atoms with Crippen molar-refractivity contribution in [1.29, 1.82) is 0 Å². The first-order chi connectivity index (χ1) is 13.7. The van der Waals surface area contributed by atoms with Crippen molar-refractivity contribution in [3.05, 3.63) is 54.0 Å². The first-order valence-electron chi connectivity index (χ1n) is 9.65. The number of imidazole rings is 1. The fourth-order valence-electron chi connectivity index (χ4n) is 3.47. The predicted molar refractivity (Wildman–Crippen MR) is 109 cm³/mol. The Labute approximate surface area is 162 Å². The van der Waals surface area contributed by atoms with Crippen LogP contribution in [-0.2, 0) is 6.42 Å². The molecule has 2 N–H and O–H groups in total. The molecule has 0 aliphatic carbocycles. The number of H-pyrrole nitrogens is 1. The van der Waals surface area contributed by atoms with E-state index in [1.165, 1.54) is 18.5 Å². The van der Waals surface area contributed by atoms with Gasteiger partial charge in [-0.05, 0) is 43.5 Å². The minimum atomic E-state index is -0.263. The van der Waals surface area contributed by atoms with E-state index in [2.05, 4.69) is 45.2 Å². The number of fused-ring (bicyclic) bond motifs is 2. The highest BCUT2D eigenvalue weighted by atomic mass is 19.1. The van der Waals surface area contributed by atoms with Gasteiger partial charge in [0.15, 0.2) is 11.5 Å². The molecule has 0 saturated heterocycles. The Kier molecular flexibility index (Phi) is 5.14. The zero-order chi connectivity index (χ0) is 19.5. The minimum absolute atomic E-state index is 0.0278. The van der Waals surface area contributed by atoms with E-state index in [-0.39, 0.29) is 11.9 Å². The maximum atomic E-state index is 13.7. The van der Waals surface area contributed by atoms with E-state index in [1.54, 1.807) is 12.4 Å². The van der Waals surface area contributed by atoms with Gasteiger partial charge in [0, 0.05) is 17.1 Å². The number of hydrogen-bond acceptors (Lipinski definition) is 5. The highest BCUT2D eigenvalue weighted by Crippen LogP contribution is 2.28. The molecule has 1 aromatic carbocycles. The van der Waals surface area contributed by atoms with E-state index in [4.69, 9.17) is 4.98 Å². The van der Waals surface area contributed by atoms with Gasteiger partial charge in [-0.15, -0.1) is 0 Å². The first kappa shape index (κ1) is 18.3. The molecule has 0 radical (unpaired) electrons. The van der Waals surface area contributed by atoms with E-state index in [0.29, 0.717) is 17.0 Å². The predicted octanol–water partition coefficient (Wildman–Crippen LogP) is 4.95. The Morgan fingerprint density at radius 1 is 1.14 bits per heavy atom. The Bertz CT molecular complexity index is 1110. The summed E-state index contributed by atoms with van der Waals surface area (Å²) in [7, 11) is 0. The average Bonchev–Trinajstić information content (AvgIpc) is 3.17. The monoisotopic (exact) mass is 378 g/mol. The molecule has 0 aliphatic heterocycles. The lowest BCUT2D eigenvalue weighted by molar-refractivity contribution is 0.629. The molecule has 1 unspecified atom stereocenters. The number of aryl methyl sites for hydroxylation is 1. The van der Waals surface area contributed by atoms with Crippen molar-refractivity contribution in [2.45, 2.75) is 45.6 Å². The minimum Gasteiger partial charge on any atom is -0.362 e. The standard InChI is InChI=1S/C21H23FN6/c1-3-4-5-6-17-16(9-14-7-8-15(22)10-18(14)28-17)13(2)27-21-19-20(24-11-23-19)25-12-26-21/h7-13H,3-6H2,1-2H3,(H2,23,24,25,26,27). The van der Waals surface area contributed by atoms with E-state index in [9.17, 15) is 4.39 Å². The number of hydrogen-bond donors (Lipinski definition) is 2. The molecule has 3 heterocycles. The summed E-state index contributed by atoms with van der Waals surface area (Å²) in [5.41, 5.74) is 4.20. The Balaban J connectivity index is 1.71. The summed E-state index contributed by atoms with van der Waals surface area (Å²) in [6.45, 7) is 4.26. The van der Waals surface area contributed by atoms with Crippen molar-refractivity contribution < 1.29 is 4.39 Å². The molecule has 6 nitrogen and oxygen atoms in total. The summed E-state index contributed by atoms with van der Waals surface area (Å²) < 4.78 is 13.7. The van der Waals surface area contributed by atoms with Gasteiger partial charge in [0.2, 0.25) is 0 Å². The third kappa shape index (κ3) is 3.65. The molecule has 3 aromatic heterocycles. The fourth-order valence-corrected chi connectivity index (χ4v) is 3.47. The Hall–Kier alpha value is -3.09. The van der Waals surface area contributed by atoms with Crippen molar-refractivity contribution in [2.75, 3.05) is 5.32 Å². The summed E-state index contributed by atoms with van der Waals surface area (Å²) >= 11 is 0. The van der Waals surface area contributed by atoms with E-state index in [1.807, 2.05) is 0 Å². The van der Waals surface area contributed by atoms with Crippen molar-refractivity contribution in [3.63, 3.8) is 0 Å². The molecule has 4 rings (SSSR count). The van der Waals surface area contributed by atoms with Gasteiger partial charge in [-0.25, -0.2) is 19.3 Å². The lowest BCUT2D eigenvalue weighted by Gasteiger charge is -2.19.